The van der Waals surface area contributed by atoms with E-state index in [0.717, 1.165) is 32.5 Å². The molecule has 0 bridgehead atoms. The number of halogens is 3. The fraction of sp³-hybridized carbons (Fsp3) is 0.312. The summed E-state index contributed by atoms with van der Waals surface area (Å²) in [6, 6.07) is 6.54. The summed E-state index contributed by atoms with van der Waals surface area (Å²) < 4.78 is 41.1. The molecule has 1 aromatic carbocycles. The number of rotatable bonds is 5. The Morgan fingerprint density at radius 1 is 1.30 bits per heavy atom. The van der Waals surface area contributed by atoms with Crippen molar-refractivity contribution in [1.82, 2.24) is 19.8 Å². The predicted octanol–water partition coefficient (Wildman–Crippen LogP) is 3.48. The Hall–Kier alpha value is -2.27. The molecule has 0 amide bonds. The molecule has 144 valence electrons. The number of nitrogens with two attached hydrogens (primary N) is 1. The van der Waals surface area contributed by atoms with E-state index in [1.807, 2.05) is 19.1 Å². The van der Waals surface area contributed by atoms with E-state index < -0.39 is 17.4 Å². The second-order valence-electron chi connectivity index (χ2n) is 5.69. The number of hydrogen-bond acceptors (Lipinski definition) is 6. The van der Waals surface area contributed by atoms with Crippen LogP contribution in [-0.4, -0.2) is 19.8 Å². The maximum absolute atomic E-state index is 12.9. The van der Waals surface area contributed by atoms with E-state index in [1.165, 1.54) is 23.5 Å². The highest BCUT2D eigenvalue weighted by molar-refractivity contribution is 7.98. The summed E-state index contributed by atoms with van der Waals surface area (Å²) in [6.45, 7) is 1.97. The predicted molar refractivity (Wildman–Crippen MR) is 99.3 cm³/mol. The molecule has 0 aliphatic heterocycles. The van der Waals surface area contributed by atoms with Crippen molar-refractivity contribution in [3.8, 4) is 5.69 Å². The third kappa shape index (κ3) is 3.88. The number of tetrazole rings is 1. The quantitative estimate of drug-likeness (QED) is 0.646. The Morgan fingerprint density at radius 3 is 2.59 bits per heavy atom. The second-order valence-corrected chi connectivity index (χ2v) is 7.85. The van der Waals surface area contributed by atoms with Gasteiger partial charge in [0.2, 0.25) is 0 Å². The molecule has 0 atom stereocenters. The van der Waals surface area contributed by atoms with Crippen LogP contribution in [-0.2, 0) is 25.4 Å². The molecule has 2 heterocycles. The molecular weight excluding hydrogens is 399 g/mol. The molecule has 0 unspecified atom stereocenters. The average Bonchev–Trinajstić information content (AvgIpc) is 3.15. The first-order valence-corrected chi connectivity index (χ1v) is 9.72. The lowest BCUT2D eigenvalue weighted by atomic mass is 10.1. The van der Waals surface area contributed by atoms with Crippen molar-refractivity contribution in [3.05, 3.63) is 50.8 Å². The van der Waals surface area contributed by atoms with Crippen molar-refractivity contribution in [3.63, 3.8) is 0 Å². The summed E-state index contributed by atoms with van der Waals surface area (Å²) in [6.07, 6.45) is -3.77. The molecule has 3 aromatic rings. The number of aryl methyl sites for hydroxylation is 2. The van der Waals surface area contributed by atoms with Crippen molar-refractivity contribution in [1.29, 1.82) is 0 Å². The van der Waals surface area contributed by atoms with Crippen LogP contribution in [0.5, 0.6) is 0 Å². The smallest absolute Gasteiger partial charge is 0.390 e. The van der Waals surface area contributed by atoms with Crippen LogP contribution in [0.4, 0.5) is 18.2 Å². The van der Waals surface area contributed by atoms with Gasteiger partial charge in [-0.05, 0) is 34.5 Å². The summed E-state index contributed by atoms with van der Waals surface area (Å²) in [5.41, 5.74) is 5.83. The molecule has 27 heavy (non-hydrogen) atoms. The minimum absolute atomic E-state index is 0.243. The van der Waals surface area contributed by atoms with Gasteiger partial charge in [0, 0.05) is 22.6 Å². The van der Waals surface area contributed by atoms with Gasteiger partial charge >= 0.3 is 11.9 Å². The lowest BCUT2D eigenvalue weighted by Crippen LogP contribution is -2.22. The molecule has 0 fully saturated rings. The van der Waals surface area contributed by atoms with Crippen molar-refractivity contribution >= 4 is 28.1 Å². The Morgan fingerprint density at radius 2 is 2.04 bits per heavy atom. The number of nitrogens with zero attached hydrogens (tertiary/aromatic N) is 4. The highest BCUT2D eigenvalue weighted by Gasteiger charge is 2.34. The fourth-order valence-electron chi connectivity index (χ4n) is 2.54. The summed E-state index contributed by atoms with van der Waals surface area (Å²) in [7, 11) is 1.50. The first kappa shape index (κ1) is 19.5. The lowest BCUT2D eigenvalue weighted by Gasteiger charge is -2.12. The van der Waals surface area contributed by atoms with E-state index in [-0.39, 0.29) is 5.00 Å². The third-order valence-corrected chi connectivity index (χ3v) is 6.24. The molecule has 0 radical (unpaired) electrons. The topological polar surface area (TPSA) is 78.7 Å². The van der Waals surface area contributed by atoms with Gasteiger partial charge in [0.15, 0.2) is 0 Å². The third-order valence-electron chi connectivity index (χ3n) is 3.88. The van der Waals surface area contributed by atoms with Crippen molar-refractivity contribution in [2.75, 3.05) is 5.73 Å². The number of aromatic nitrogens is 4. The monoisotopic (exact) mass is 415 g/mol. The maximum Gasteiger partial charge on any atom is 0.419 e. The maximum atomic E-state index is 12.9. The highest BCUT2D eigenvalue weighted by Crippen LogP contribution is 2.41. The molecule has 0 spiro atoms. The number of alkyl halides is 3. The van der Waals surface area contributed by atoms with E-state index in [0.29, 0.717) is 22.7 Å². The zero-order chi connectivity index (χ0) is 19.8. The van der Waals surface area contributed by atoms with E-state index in [2.05, 4.69) is 10.4 Å². The van der Waals surface area contributed by atoms with Crippen molar-refractivity contribution < 1.29 is 13.2 Å². The molecule has 2 aromatic heterocycles. The normalized spacial score (nSPS) is 11.9. The van der Waals surface area contributed by atoms with Gasteiger partial charge in [0.05, 0.1) is 16.3 Å². The van der Waals surface area contributed by atoms with Crippen molar-refractivity contribution in [2.45, 2.75) is 30.2 Å². The lowest BCUT2D eigenvalue weighted by molar-refractivity contribution is -0.136. The summed E-state index contributed by atoms with van der Waals surface area (Å²) >= 11 is 2.27. The van der Waals surface area contributed by atoms with Crippen LogP contribution in [0.15, 0.2) is 34.0 Å². The van der Waals surface area contributed by atoms with Crippen LogP contribution in [0.2, 0.25) is 0 Å². The van der Waals surface area contributed by atoms with Gasteiger partial charge in [-0.25, -0.2) is 4.79 Å². The minimum Gasteiger partial charge on any atom is -0.390 e. The summed E-state index contributed by atoms with van der Waals surface area (Å²) in [4.78, 5) is 13.5. The van der Waals surface area contributed by atoms with Crippen LogP contribution in [0.25, 0.3) is 5.69 Å². The first-order chi connectivity index (χ1) is 12.7. The fourth-order valence-corrected chi connectivity index (χ4v) is 4.77. The Kier molecular flexibility index (Phi) is 5.33. The van der Waals surface area contributed by atoms with Crippen LogP contribution in [0.3, 0.4) is 0 Å². The molecule has 2 N–H and O–H groups in total. The van der Waals surface area contributed by atoms with Crippen LogP contribution < -0.4 is 11.4 Å². The van der Waals surface area contributed by atoms with E-state index in [1.54, 1.807) is 6.07 Å². The Bertz CT molecular complexity index is 1020. The number of hydrogen-bond donors (Lipinski definition) is 1. The molecule has 6 nitrogen and oxygen atoms in total. The molecule has 11 heteroatoms. The number of thioether (sulfide) groups is 1. The first-order valence-electron chi connectivity index (χ1n) is 7.91. The molecule has 0 saturated carbocycles. The van der Waals surface area contributed by atoms with Gasteiger partial charge in [-0.1, -0.05) is 19.1 Å². The van der Waals surface area contributed by atoms with E-state index >= 15 is 0 Å². The zero-order valence-electron chi connectivity index (χ0n) is 14.4. The number of nitrogen functional groups attached to an aromatic ring is 1. The van der Waals surface area contributed by atoms with Crippen LogP contribution in [0.1, 0.15) is 22.9 Å². The summed E-state index contributed by atoms with van der Waals surface area (Å²) in [5.74, 6) is 0.296. The van der Waals surface area contributed by atoms with Gasteiger partial charge < -0.3 is 5.73 Å². The van der Waals surface area contributed by atoms with Crippen molar-refractivity contribution in [2.24, 2.45) is 7.05 Å². The molecule has 0 aliphatic rings. The standard InChI is InChI=1S/C16H16F3N5OS2/c1-3-9-5-4-6-12(24-15(25)23(2)21-22-24)13(9)26-8-10-7-11(14(20)27-10)16(17,18)19/h4-7H,3,8,20H2,1-2H3. The second kappa shape index (κ2) is 7.39. The van der Waals surface area contributed by atoms with Gasteiger partial charge in [0.1, 0.15) is 0 Å². The number of anilines is 1. The zero-order valence-corrected chi connectivity index (χ0v) is 16.1. The molecular formula is C16H16F3N5OS2. The summed E-state index contributed by atoms with van der Waals surface area (Å²) in [5, 5.41) is 7.34. The molecule has 3 rings (SSSR count). The van der Waals surface area contributed by atoms with Crippen LogP contribution in [0, 0.1) is 0 Å². The molecule has 0 aliphatic carbocycles. The number of benzene rings is 1. The molecule has 0 saturated heterocycles. The SMILES string of the molecule is CCc1cccc(-n2nnn(C)c2=O)c1SCc1cc(C(F)(F)F)c(N)s1. The minimum atomic E-state index is -4.47. The van der Waals surface area contributed by atoms with E-state index in [9.17, 15) is 18.0 Å². The van der Waals surface area contributed by atoms with Gasteiger partial charge in [-0.3, -0.25) is 0 Å². The average molecular weight is 415 g/mol. The van der Waals surface area contributed by atoms with Gasteiger partial charge in [-0.2, -0.15) is 22.5 Å². The van der Waals surface area contributed by atoms with E-state index in [4.69, 9.17) is 5.73 Å². The number of thiophene rings is 1. The highest BCUT2D eigenvalue weighted by atomic mass is 32.2. The Balaban J connectivity index is 1.95. The largest absolute Gasteiger partial charge is 0.419 e. The Labute approximate surface area is 160 Å². The van der Waals surface area contributed by atoms with Crippen LogP contribution >= 0.6 is 23.1 Å². The van der Waals surface area contributed by atoms with Gasteiger partial charge in [0.25, 0.3) is 0 Å². The van der Waals surface area contributed by atoms with Gasteiger partial charge in [-0.15, -0.1) is 23.1 Å².